The maximum absolute atomic E-state index is 13.6. The minimum absolute atomic E-state index is 0.0134. The molecule has 1 saturated carbocycles. The summed E-state index contributed by atoms with van der Waals surface area (Å²) >= 11 is 0. The summed E-state index contributed by atoms with van der Waals surface area (Å²) in [5.41, 5.74) is 8.34. The molecule has 3 N–H and O–H groups in total. The number of benzene rings is 2. The molecule has 1 aliphatic rings. The number of aliphatic hydroxyl groups excluding tert-OH is 1. The van der Waals surface area contributed by atoms with Gasteiger partial charge in [0.2, 0.25) is 11.0 Å². The van der Waals surface area contributed by atoms with E-state index < -0.39 is 5.56 Å². The third kappa shape index (κ3) is 3.28. The molecule has 32 heavy (non-hydrogen) atoms. The van der Waals surface area contributed by atoms with Crippen molar-refractivity contribution in [1.29, 1.82) is 0 Å². The molecule has 2 aromatic heterocycles. The minimum Gasteiger partial charge on any atom is -0.449 e. The van der Waals surface area contributed by atoms with Crippen molar-refractivity contribution < 1.29 is 9.52 Å². The molecule has 0 bridgehead atoms. The Balaban J connectivity index is 1.76. The maximum atomic E-state index is 13.6. The van der Waals surface area contributed by atoms with Crippen LogP contribution in [-0.2, 0) is 12.1 Å². The van der Waals surface area contributed by atoms with Gasteiger partial charge in [-0.15, -0.1) is 0 Å². The lowest BCUT2D eigenvalue weighted by Crippen LogP contribution is -2.43. The van der Waals surface area contributed by atoms with Crippen molar-refractivity contribution in [1.82, 2.24) is 4.57 Å². The molecular weight excluding hydrogens is 404 g/mol. The van der Waals surface area contributed by atoms with E-state index in [-0.39, 0.29) is 35.1 Å². The van der Waals surface area contributed by atoms with Crippen molar-refractivity contribution in [3.63, 3.8) is 0 Å². The molecule has 0 atom stereocenters. The molecule has 4 aromatic rings. The summed E-state index contributed by atoms with van der Waals surface area (Å²) in [4.78, 5) is 26.5. The average Bonchev–Trinajstić information content (AvgIpc) is 2.80. The molecule has 0 amide bonds. The minimum atomic E-state index is -0.442. The fourth-order valence-electron chi connectivity index (χ4n) is 4.38. The largest absolute Gasteiger partial charge is 0.449 e. The smallest absolute Gasteiger partial charge is 0.294 e. The van der Waals surface area contributed by atoms with Crippen LogP contribution in [-0.4, -0.2) is 16.3 Å². The van der Waals surface area contributed by atoms with Crippen LogP contribution in [0.2, 0.25) is 0 Å². The first kappa shape index (κ1) is 20.4. The van der Waals surface area contributed by atoms with Crippen molar-refractivity contribution in [2.24, 2.45) is 5.73 Å². The standard InChI is InChI=1S/C26H24N2O4/c27-26(12-4-13-26)19-9-7-17(8-10-19)21-22(30)20-11-14-28(15-16-29)25(31)24(20)32-23(21)18-5-2-1-3-6-18/h1-3,5-11,14,29H,4,12-13,15-16,27H2. The van der Waals surface area contributed by atoms with Gasteiger partial charge in [-0.1, -0.05) is 54.6 Å². The molecular formula is C26H24N2O4. The van der Waals surface area contributed by atoms with E-state index in [9.17, 15) is 14.7 Å². The predicted molar refractivity (Wildman–Crippen MR) is 124 cm³/mol. The highest BCUT2D eigenvalue weighted by atomic mass is 16.3. The van der Waals surface area contributed by atoms with Crippen LogP contribution in [0.3, 0.4) is 0 Å². The fourth-order valence-corrected chi connectivity index (χ4v) is 4.38. The van der Waals surface area contributed by atoms with Gasteiger partial charge in [-0.25, -0.2) is 0 Å². The van der Waals surface area contributed by atoms with E-state index >= 15 is 0 Å². The zero-order valence-corrected chi connectivity index (χ0v) is 17.6. The normalized spacial score (nSPS) is 14.9. The first-order valence-electron chi connectivity index (χ1n) is 10.8. The summed E-state index contributed by atoms with van der Waals surface area (Å²) in [5, 5.41) is 9.46. The summed E-state index contributed by atoms with van der Waals surface area (Å²) in [6.45, 7) is -0.0581. The summed E-state index contributed by atoms with van der Waals surface area (Å²) in [6, 6.07) is 18.6. The van der Waals surface area contributed by atoms with E-state index in [0.29, 0.717) is 22.5 Å². The number of pyridine rings is 1. The van der Waals surface area contributed by atoms with E-state index in [2.05, 4.69) is 0 Å². The number of fused-ring (bicyclic) bond motifs is 1. The molecule has 6 heteroatoms. The van der Waals surface area contributed by atoms with Gasteiger partial charge in [-0.2, -0.15) is 0 Å². The Labute approximate surface area is 184 Å². The van der Waals surface area contributed by atoms with Crippen LogP contribution in [0.4, 0.5) is 0 Å². The molecule has 2 aromatic carbocycles. The number of aliphatic hydroxyl groups is 1. The molecule has 0 unspecified atom stereocenters. The molecule has 0 radical (unpaired) electrons. The number of nitrogens with zero attached hydrogens (tertiary/aromatic N) is 1. The molecule has 1 fully saturated rings. The van der Waals surface area contributed by atoms with E-state index in [1.54, 1.807) is 6.07 Å². The predicted octanol–water partition coefficient (Wildman–Crippen LogP) is 3.62. The van der Waals surface area contributed by atoms with Crippen molar-refractivity contribution in [3.8, 4) is 22.5 Å². The molecule has 0 saturated heterocycles. The van der Waals surface area contributed by atoms with Gasteiger partial charge in [0.15, 0.2) is 0 Å². The third-order valence-electron chi connectivity index (χ3n) is 6.39. The summed E-state index contributed by atoms with van der Waals surface area (Å²) in [6.07, 6.45) is 4.56. The van der Waals surface area contributed by atoms with Crippen LogP contribution in [0, 0.1) is 0 Å². The fraction of sp³-hybridized carbons (Fsp3) is 0.231. The zero-order chi connectivity index (χ0) is 22.3. The molecule has 1 aliphatic carbocycles. The quantitative estimate of drug-likeness (QED) is 0.506. The lowest BCUT2D eigenvalue weighted by atomic mass is 9.72. The number of aromatic nitrogens is 1. The number of hydrogen-bond donors (Lipinski definition) is 2. The second-order valence-electron chi connectivity index (χ2n) is 8.37. The number of nitrogens with two attached hydrogens (primary N) is 1. The average molecular weight is 428 g/mol. The van der Waals surface area contributed by atoms with E-state index in [1.165, 1.54) is 10.8 Å². The van der Waals surface area contributed by atoms with Gasteiger partial charge in [0.25, 0.3) is 5.56 Å². The van der Waals surface area contributed by atoms with Crippen LogP contribution in [0.1, 0.15) is 24.8 Å². The lowest BCUT2D eigenvalue weighted by molar-refractivity contribution is 0.253. The van der Waals surface area contributed by atoms with Crippen LogP contribution in [0.25, 0.3) is 33.4 Å². The Hall–Kier alpha value is -3.48. The van der Waals surface area contributed by atoms with Crippen LogP contribution >= 0.6 is 0 Å². The summed E-state index contributed by atoms with van der Waals surface area (Å²) in [7, 11) is 0. The van der Waals surface area contributed by atoms with Crippen molar-refractivity contribution in [2.75, 3.05) is 6.61 Å². The Kier molecular flexibility index (Phi) is 5.04. The van der Waals surface area contributed by atoms with Crippen molar-refractivity contribution in [3.05, 3.63) is 93.0 Å². The van der Waals surface area contributed by atoms with E-state index in [1.807, 2.05) is 54.6 Å². The SMILES string of the molecule is NC1(c2ccc(-c3c(-c4ccccc4)oc4c(=O)n(CCO)ccc4c3=O)cc2)CCC1. The van der Waals surface area contributed by atoms with E-state index in [4.69, 9.17) is 10.2 Å². The first-order chi connectivity index (χ1) is 15.5. The maximum Gasteiger partial charge on any atom is 0.294 e. The lowest BCUT2D eigenvalue weighted by Gasteiger charge is -2.38. The van der Waals surface area contributed by atoms with Crippen molar-refractivity contribution >= 4 is 11.0 Å². The highest BCUT2D eigenvalue weighted by molar-refractivity contribution is 5.88. The van der Waals surface area contributed by atoms with Gasteiger partial charge in [0, 0.05) is 23.8 Å². The molecule has 162 valence electrons. The number of hydrogen-bond acceptors (Lipinski definition) is 5. The van der Waals surface area contributed by atoms with Gasteiger partial charge < -0.3 is 19.8 Å². The molecule has 2 heterocycles. The summed E-state index contributed by atoms with van der Waals surface area (Å²) < 4.78 is 7.46. The third-order valence-corrected chi connectivity index (χ3v) is 6.39. The highest BCUT2D eigenvalue weighted by Gasteiger charge is 2.34. The van der Waals surface area contributed by atoms with Gasteiger partial charge in [0.1, 0.15) is 5.76 Å². The van der Waals surface area contributed by atoms with Crippen LogP contribution < -0.4 is 16.7 Å². The Morgan fingerprint density at radius 1 is 0.969 bits per heavy atom. The Bertz CT molecular complexity index is 1400. The second kappa shape index (κ2) is 7.89. The summed E-state index contributed by atoms with van der Waals surface area (Å²) in [5.74, 6) is 0.348. The number of rotatable bonds is 5. The monoisotopic (exact) mass is 428 g/mol. The topological polar surface area (TPSA) is 98.5 Å². The Morgan fingerprint density at radius 3 is 2.31 bits per heavy atom. The zero-order valence-electron chi connectivity index (χ0n) is 17.6. The molecule has 0 aliphatic heterocycles. The van der Waals surface area contributed by atoms with Gasteiger partial charge in [-0.05, 0) is 36.5 Å². The van der Waals surface area contributed by atoms with Gasteiger partial charge >= 0.3 is 0 Å². The van der Waals surface area contributed by atoms with Crippen LogP contribution in [0.5, 0.6) is 0 Å². The van der Waals surface area contributed by atoms with Crippen LogP contribution in [0.15, 0.2) is 80.9 Å². The highest BCUT2D eigenvalue weighted by Crippen LogP contribution is 2.39. The molecule has 5 rings (SSSR count). The second-order valence-corrected chi connectivity index (χ2v) is 8.37. The van der Waals surface area contributed by atoms with E-state index in [0.717, 1.165) is 24.8 Å². The van der Waals surface area contributed by atoms with Crippen molar-refractivity contribution in [2.45, 2.75) is 31.3 Å². The van der Waals surface area contributed by atoms with Gasteiger partial charge in [0.05, 0.1) is 17.6 Å². The first-order valence-corrected chi connectivity index (χ1v) is 10.8. The molecule has 6 nitrogen and oxygen atoms in total. The van der Waals surface area contributed by atoms with Gasteiger partial charge in [-0.3, -0.25) is 9.59 Å². The molecule has 0 spiro atoms. The Morgan fingerprint density at radius 2 is 1.69 bits per heavy atom.